The largest absolute Gasteiger partial charge is 0.480 e. The van der Waals surface area contributed by atoms with Gasteiger partial charge in [0.05, 0.1) is 0 Å². The molecule has 0 aromatic heterocycles. The molecule has 0 saturated heterocycles. The van der Waals surface area contributed by atoms with Gasteiger partial charge in [0.15, 0.2) is 0 Å². The molecule has 0 bridgehead atoms. The van der Waals surface area contributed by atoms with Crippen LogP contribution >= 0.6 is 0 Å². The summed E-state index contributed by atoms with van der Waals surface area (Å²) >= 11 is 0. The summed E-state index contributed by atoms with van der Waals surface area (Å²) in [6, 6.07) is 14.3. The Morgan fingerprint density at radius 3 is 2.25 bits per heavy atom. The number of carboxylic acids is 1. The summed E-state index contributed by atoms with van der Waals surface area (Å²) < 4.78 is 0. The van der Waals surface area contributed by atoms with Crippen LogP contribution in [0.15, 0.2) is 48.5 Å². The first-order valence-electron chi connectivity index (χ1n) is 8.18. The van der Waals surface area contributed by atoms with Crippen LogP contribution in [0.1, 0.15) is 46.8 Å². The number of rotatable bonds is 3. The zero-order valence-corrected chi connectivity index (χ0v) is 13.9. The van der Waals surface area contributed by atoms with Crippen molar-refractivity contribution in [2.45, 2.75) is 38.8 Å². The molecule has 4 nitrogen and oxygen atoms in total. The molecule has 4 heteroatoms. The first kappa shape index (κ1) is 16.2. The van der Waals surface area contributed by atoms with Crippen molar-refractivity contribution < 1.29 is 14.7 Å². The van der Waals surface area contributed by atoms with Crippen molar-refractivity contribution in [3.05, 3.63) is 70.8 Å². The molecule has 1 atom stereocenters. The van der Waals surface area contributed by atoms with Crippen molar-refractivity contribution in [2.75, 3.05) is 0 Å². The zero-order chi connectivity index (χ0) is 17.3. The van der Waals surface area contributed by atoms with E-state index in [1.165, 1.54) is 4.90 Å². The minimum Gasteiger partial charge on any atom is -0.480 e. The van der Waals surface area contributed by atoms with Crippen molar-refractivity contribution in [3.8, 4) is 0 Å². The van der Waals surface area contributed by atoms with Crippen molar-refractivity contribution in [1.29, 1.82) is 0 Å². The summed E-state index contributed by atoms with van der Waals surface area (Å²) in [6.07, 6.45) is 0.349. The molecule has 24 heavy (non-hydrogen) atoms. The minimum atomic E-state index is -0.961. The van der Waals surface area contributed by atoms with Gasteiger partial charge < -0.3 is 10.0 Å². The van der Waals surface area contributed by atoms with Gasteiger partial charge in [0.25, 0.3) is 5.91 Å². The molecule has 1 amide bonds. The highest BCUT2D eigenvalue weighted by Crippen LogP contribution is 2.25. The van der Waals surface area contributed by atoms with Crippen LogP contribution in [0, 0.1) is 0 Å². The van der Waals surface area contributed by atoms with E-state index in [9.17, 15) is 14.7 Å². The van der Waals surface area contributed by atoms with Crippen LogP contribution in [0.3, 0.4) is 0 Å². The molecule has 2 aromatic rings. The maximum absolute atomic E-state index is 12.9. The molecular weight excluding hydrogens is 302 g/mol. The van der Waals surface area contributed by atoms with Gasteiger partial charge in [-0.2, -0.15) is 0 Å². The Kier molecular flexibility index (Phi) is 4.38. The van der Waals surface area contributed by atoms with E-state index in [4.69, 9.17) is 0 Å². The van der Waals surface area contributed by atoms with E-state index < -0.39 is 12.0 Å². The minimum absolute atomic E-state index is 0.229. The first-order chi connectivity index (χ1) is 11.5. The predicted molar refractivity (Wildman–Crippen MR) is 92.0 cm³/mol. The molecule has 1 N–H and O–H groups in total. The zero-order valence-electron chi connectivity index (χ0n) is 13.9. The van der Waals surface area contributed by atoms with Gasteiger partial charge in [-0.1, -0.05) is 50.2 Å². The van der Waals surface area contributed by atoms with Crippen LogP contribution in [-0.2, 0) is 17.8 Å². The van der Waals surface area contributed by atoms with Gasteiger partial charge in [-0.05, 0) is 34.7 Å². The Morgan fingerprint density at radius 1 is 1.04 bits per heavy atom. The number of nitrogens with zero attached hydrogens (tertiary/aromatic N) is 1. The van der Waals surface area contributed by atoms with Gasteiger partial charge in [-0.25, -0.2) is 4.79 Å². The van der Waals surface area contributed by atoms with Gasteiger partial charge in [0, 0.05) is 18.5 Å². The maximum atomic E-state index is 12.9. The van der Waals surface area contributed by atoms with Crippen LogP contribution in [0.25, 0.3) is 0 Å². The summed E-state index contributed by atoms with van der Waals surface area (Å²) in [5.41, 5.74) is 3.71. The number of benzene rings is 2. The summed E-state index contributed by atoms with van der Waals surface area (Å²) in [7, 11) is 0. The first-order valence-corrected chi connectivity index (χ1v) is 8.18. The summed E-state index contributed by atoms with van der Waals surface area (Å²) in [4.78, 5) is 26.0. The van der Waals surface area contributed by atoms with Crippen molar-refractivity contribution in [2.24, 2.45) is 0 Å². The van der Waals surface area contributed by atoms with E-state index in [0.717, 1.165) is 16.7 Å². The maximum Gasteiger partial charge on any atom is 0.326 e. The average Bonchev–Trinajstić information content (AvgIpc) is 2.60. The van der Waals surface area contributed by atoms with Crippen molar-refractivity contribution >= 4 is 11.9 Å². The second kappa shape index (κ2) is 6.48. The Bertz CT molecular complexity index is 765. The van der Waals surface area contributed by atoms with Crippen molar-refractivity contribution in [3.63, 3.8) is 0 Å². The molecule has 124 valence electrons. The molecule has 2 aromatic carbocycles. The number of amides is 1. The Hall–Kier alpha value is -2.62. The van der Waals surface area contributed by atoms with Gasteiger partial charge in [0.2, 0.25) is 0 Å². The molecular formula is C20H21NO3. The summed E-state index contributed by atoms with van der Waals surface area (Å²) in [5.74, 6) is -0.799. The van der Waals surface area contributed by atoms with E-state index >= 15 is 0 Å². The third-order valence-corrected chi connectivity index (χ3v) is 4.62. The monoisotopic (exact) mass is 323 g/mol. The third kappa shape index (κ3) is 3.04. The van der Waals surface area contributed by atoms with Crippen LogP contribution in [0.5, 0.6) is 0 Å². The molecule has 0 saturated carbocycles. The van der Waals surface area contributed by atoms with E-state index in [0.29, 0.717) is 24.4 Å². The number of carboxylic acid groups (broad SMARTS) is 1. The lowest BCUT2D eigenvalue weighted by atomic mass is 9.93. The van der Waals surface area contributed by atoms with Crippen LogP contribution in [-0.4, -0.2) is 27.9 Å². The summed E-state index contributed by atoms with van der Waals surface area (Å²) in [6.45, 7) is 4.52. The smallest absolute Gasteiger partial charge is 0.326 e. The Labute approximate surface area is 141 Å². The molecule has 0 spiro atoms. The molecule has 1 aliphatic rings. The molecule has 3 rings (SSSR count). The van der Waals surface area contributed by atoms with Crippen LogP contribution in [0.4, 0.5) is 0 Å². The Balaban J connectivity index is 1.91. The molecule has 0 radical (unpaired) electrons. The van der Waals surface area contributed by atoms with E-state index in [-0.39, 0.29) is 5.91 Å². The molecule has 0 aliphatic carbocycles. The number of carbonyl (C=O) groups excluding carboxylic acids is 1. The van der Waals surface area contributed by atoms with Crippen molar-refractivity contribution in [1.82, 2.24) is 4.90 Å². The fourth-order valence-corrected chi connectivity index (χ4v) is 3.13. The number of hydrogen-bond acceptors (Lipinski definition) is 2. The SMILES string of the molecule is CC(C)c1ccc(C(=O)N2Cc3ccccc3C[C@H]2C(=O)O)cc1. The van der Waals surface area contributed by atoms with E-state index in [1.807, 2.05) is 36.4 Å². The number of aliphatic carboxylic acids is 1. The third-order valence-electron chi connectivity index (χ3n) is 4.62. The quantitative estimate of drug-likeness (QED) is 0.941. The normalized spacial score (nSPS) is 16.8. The van der Waals surface area contributed by atoms with Gasteiger partial charge >= 0.3 is 5.97 Å². The Morgan fingerprint density at radius 2 is 1.67 bits per heavy atom. The van der Waals surface area contributed by atoms with Gasteiger partial charge in [0.1, 0.15) is 6.04 Å². The van der Waals surface area contributed by atoms with E-state index in [2.05, 4.69) is 13.8 Å². The van der Waals surface area contributed by atoms with Gasteiger partial charge in [-0.15, -0.1) is 0 Å². The number of carbonyl (C=O) groups is 2. The lowest BCUT2D eigenvalue weighted by molar-refractivity contribution is -0.142. The highest BCUT2D eigenvalue weighted by Gasteiger charge is 2.34. The molecule has 0 fully saturated rings. The van der Waals surface area contributed by atoms with Gasteiger partial charge in [-0.3, -0.25) is 4.79 Å². The molecule has 1 aliphatic heterocycles. The standard InChI is InChI=1S/C20H21NO3/c1-13(2)14-7-9-15(10-8-14)19(22)21-12-17-6-4-3-5-16(17)11-18(21)20(23)24/h3-10,13,18H,11-12H2,1-2H3,(H,23,24)/t18-/m0/s1. The second-order valence-corrected chi connectivity index (χ2v) is 6.54. The lowest BCUT2D eigenvalue weighted by Gasteiger charge is -2.34. The highest BCUT2D eigenvalue weighted by atomic mass is 16.4. The summed E-state index contributed by atoms with van der Waals surface area (Å²) in [5, 5.41) is 9.55. The molecule has 1 heterocycles. The second-order valence-electron chi connectivity index (χ2n) is 6.54. The van der Waals surface area contributed by atoms with E-state index in [1.54, 1.807) is 12.1 Å². The van der Waals surface area contributed by atoms with Crippen LogP contribution in [0.2, 0.25) is 0 Å². The van der Waals surface area contributed by atoms with Crippen LogP contribution < -0.4 is 0 Å². The predicted octanol–water partition coefficient (Wildman–Crippen LogP) is 3.46. The lowest BCUT2D eigenvalue weighted by Crippen LogP contribution is -2.48. The number of fused-ring (bicyclic) bond motifs is 1. The fourth-order valence-electron chi connectivity index (χ4n) is 3.13. The highest BCUT2D eigenvalue weighted by molar-refractivity contribution is 5.97. The number of hydrogen-bond donors (Lipinski definition) is 1. The fraction of sp³-hybridized carbons (Fsp3) is 0.300. The topological polar surface area (TPSA) is 57.6 Å². The molecule has 0 unspecified atom stereocenters. The average molecular weight is 323 g/mol.